The van der Waals surface area contributed by atoms with Gasteiger partial charge in [0.2, 0.25) is 9.46 Å². The summed E-state index contributed by atoms with van der Waals surface area (Å²) in [7, 11) is -5.26. The van der Waals surface area contributed by atoms with Crippen molar-refractivity contribution >= 4 is 33.5 Å². The number of benzene rings is 1. The molecular weight excluding hydrogens is 266 g/mol. The summed E-state index contributed by atoms with van der Waals surface area (Å²) in [6.07, 6.45) is 0. The van der Waals surface area contributed by atoms with Gasteiger partial charge >= 0.3 is 0 Å². The summed E-state index contributed by atoms with van der Waals surface area (Å²) in [5, 5.41) is 0. The van der Waals surface area contributed by atoms with Crippen molar-refractivity contribution < 1.29 is 12.6 Å². The molecule has 0 fully saturated rings. The zero-order chi connectivity index (χ0) is 9.19. The van der Waals surface area contributed by atoms with Crippen molar-refractivity contribution in [3.63, 3.8) is 0 Å². The summed E-state index contributed by atoms with van der Waals surface area (Å²) < 4.78 is 34.6. The molecule has 0 radical (unpaired) electrons. The summed E-state index contributed by atoms with van der Waals surface area (Å²) in [6.45, 7) is 0. The SMILES string of the molecule is O=S(=O)(PF)c1ccc(Br)cc1. The van der Waals surface area contributed by atoms with E-state index in [9.17, 15) is 12.6 Å². The molecule has 0 saturated carbocycles. The Labute approximate surface area is 79.9 Å². The molecule has 6 heteroatoms. The van der Waals surface area contributed by atoms with Gasteiger partial charge in [-0.3, -0.25) is 0 Å². The molecule has 0 aromatic heterocycles. The molecule has 0 aliphatic rings. The summed E-state index contributed by atoms with van der Waals surface area (Å²) >= 11 is 3.15. The van der Waals surface area contributed by atoms with Gasteiger partial charge in [0, 0.05) is 4.47 Å². The fraction of sp³-hybridized carbons (Fsp3) is 0. The molecule has 0 aliphatic heterocycles. The lowest BCUT2D eigenvalue weighted by molar-refractivity contribution is 0.608. The van der Waals surface area contributed by atoms with Gasteiger partial charge in [-0.1, -0.05) is 15.9 Å². The van der Waals surface area contributed by atoms with E-state index < -0.39 is 17.6 Å². The third-order valence-electron chi connectivity index (χ3n) is 1.23. The molecule has 0 aliphatic carbocycles. The van der Waals surface area contributed by atoms with E-state index in [1.165, 1.54) is 12.1 Å². The van der Waals surface area contributed by atoms with Crippen LogP contribution in [0.2, 0.25) is 0 Å². The number of halogens is 2. The second-order valence-corrected chi connectivity index (χ2v) is 6.66. The molecule has 1 aromatic carbocycles. The van der Waals surface area contributed by atoms with Crippen molar-refractivity contribution in [3.05, 3.63) is 28.7 Å². The predicted octanol–water partition coefficient (Wildman–Crippen LogP) is 2.70. The highest BCUT2D eigenvalue weighted by Crippen LogP contribution is 2.30. The lowest BCUT2D eigenvalue weighted by Gasteiger charge is -1.97. The highest BCUT2D eigenvalue weighted by Gasteiger charge is 2.13. The molecular formula is C6H5BrFO2PS. The normalized spacial score (nSPS) is 12.5. The van der Waals surface area contributed by atoms with Gasteiger partial charge in [-0.25, -0.2) is 12.6 Å². The first-order chi connectivity index (χ1) is 5.56. The minimum atomic E-state index is -3.67. The molecule has 2 nitrogen and oxygen atoms in total. The van der Waals surface area contributed by atoms with Crippen LogP contribution in [0.25, 0.3) is 0 Å². The van der Waals surface area contributed by atoms with E-state index in [-0.39, 0.29) is 4.90 Å². The predicted molar refractivity (Wildman–Crippen MR) is 50.8 cm³/mol. The Bertz CT molecular complexity index is 362. The maximum absolute atomic E-state index is 12.0. The fourth-order valence-electron chi connectivity index (χ4n) is 0.658. The second kappa shape index (κ2) is 3.81. The third kappa shape index (κ3) is 2.25. The topological polar surface area (TPSA) is 34.1 Å². The van der Waals surface area contributed by atoms with Gasteiger partial charge in [0.1, 0.15) is 0 Å². The van der Waals surface area contributed by atoms with E-state index in [1.807, 2.05) is 0 Å². The lowest BCUT2D eigenvalue weighted by atomic mass is 10.4. The van der Waals surface area contributed by atoms with Crippen LogP contribution in [0.15, 0.2) is 33.6 Å². The molecule has 1 atom stereocenters. The zero-order valence-corrected chi connectivity index (χ0v) is 9.19. The Hall–Kier alpha value is 0.01000. The molecule has 12 heavy (non-hydrogen) atoms. The van der Waals surface area contributed by atoms with Crippen LogP contribution in [-0.4, -0.2) is 8.42 Å². The molecule has 0 amide bonds. The summed E-state index contributed by atoms with van der Waals surface area (Å²) in [4.78, 5) is 0.0199. The first-order valence-electron chi connectivity index (χ1n) is 2.94. The Morgan fingerprint density at radius 2 is 1.75 bits per heavy atom. The van der Waals surface area contributed by atoms with E-state index in [0.29, 0.717) is 0 Å². The van der Waals surface area contributed by atoms with Crippen LogP contribution >= 0.6 is 24.0 Å². The van der Waals surface area contributed by atoms with E-state index >= 15 is 0 Å². The number of hydrogen-bond acceptors (Lipinski definition) is 2. The van der Waals surface area contributed by atoms with Crippen molar-refractivity contribution in [2.24, 2.45) is 0 Å². The molecule has 0 N–H and O–H groups in total. The van der Waals surface area contributed by atoms with Crippen molar-refractivity contribution in [3.8, 4) is 0 Å². The number of hydrogen-bond donors (Lipinski definition) is 0. The van der Waals surface area contributed by atoms with E-state index in [0.717, 1.165) is 4.47 Å². The van der Waals surface area contributed by atoms with E-state index in [2.05, 4.69) is 15.9 Å². The van der Waals surface area contributed by atoms with Crippen LogP contribution in [-0.2, 0) is 9.46 Å². The quantitative estimate of drug-likeness (QED) is 0.775. The lowest BCUT2D eigenvalue weighted by Crippen LogP contribution is -1.89. The van der Waals surface area contributed by atoms with Crippen LogP contribution in [0.3, 0.4) is 0 Å². The van der Waals surface area contributed by atoms with E-state index in [4.69, 9.17) is 0 Å². The van der Waals surface area contributed by atoms with Gasteiger partial charge in [-0.2, -0.15) is 0 Å². The summed E-state index contributed by atoms with van der Waals surface area (Å²) in [5.41, 5.74) is 0. The molecule has 0 bridgehead atoms. The second-order valence-electron chi connectivity index (χ2n) is 2.03. The largest absolute Gasteiger partial charge is 0.223 e. The highest BCUT2D eigenvalue weighted by molar-refractivity contribution is 9.10. The first kappa shape index (κ1) is 10.1. The molecule has 1 unspecified atom stereocenters. The van der Waals surface area contributed by atoms with Crippen LogP contribution < -0.4 is 0 Å². The molecule has 66 valence electrons. The average Bonchev–Trinajstić information content (AvgIpc) is 2.05. The molecule has 1 rings (SSSR count). The smallest absolute Gasteiger partial charge is 0.217 e. The maximum Gasteiger partial charge on any atom is 0.223 e. The van der Waals surface area contributed by atoms with Gasteiger partial charge in [-0.15, -0.1) is 0 Å². The average molecular weight is 271 g/mol. The summed E-state index contributed by atoms with van der Waals surface area (Å²) in [6, 6.07) is 5.86. The van der Waals surface area contributed by atoms with E-state index in [1.54, 1.807) is 12.1 Å². The maximum atomic E-state index is 12.0. The molecule has 0 saturated heterocycles. The zero-order valence-electron chi connectivity index (χ0n) is 5.79. The Balaban J connectivity index is 3.14. The highest BCUT2D eigenvalue weighted by atomic mass is 79.9. The van der Waals surface area contributed by atoms with Crippen LogP contribution in [0.5, 0.6) is 0 Å². The van der Waals surface area contributed by atoms with Gasteiger partial charge in [0.15, 0.2) is 8.09 Å². The van der Waals surface area contributed by atoms with Gasteiger partial charge in [0.05, 0.1) is 4.90 Å². The minimum absolute atomic E-state index is 0.0199. The third-order valence-corrected chi connectivity index (χ3v) is 4.17. The van der Waals surface area contributed by atoms with Gasteiger partial charge in [0.25, 0.3) is 0 Å². The number of rotatable bonds is 2. The summed E-state index contributed by atoms with van der Waals surface area (Å²) in [5.74, 6) is 0. The molecule has 0 heterocycles. The van der Waals surface area contributed by atoms with Crippen molar-refractivity contribution in [1.29, 1.82) is 0 Å². The molecule has 1 aromatic rings. The Morgan fingerprint density at radius 1 is 1.25 bits per heavy atom. The van der Waals surface area contributed by atoms with Crippen LogP contribution in [0, 0.1) is 0 Å². The van der Waals surface area contributed by atoms with Crippen molar-refractivity contribution in [2.45, 2.75) is 4.90 Å². The Morgan fingerprint density at radius 3 is 2.17 bits per heavy atom. The van der Waals surface area contributed by atoms with Crippen molar-refractivity contribution in [2.75, 3.05) is 0 Å². The van der Waals surface area contributed by atoms with Gasteiger partial charge in [-0.05, 0) is 24.3 Å². The fourth-order valence-corrected chi connectivity index (χ4v) is 2.18. The standard InChI is InChI=1S/C6H5BrFO2PS/c7-5-1-3-6(4-2-5)12(9,10)11-8/h1-4,11H. The minimum Gasteiger partial charge on any atom is -0.217 e. The van der Waals surface area contributed by atoms with Crippen LogP contribution in [0.1, 0.15) is 0 Å². The molecule has 0 spiro atoms. The Kier molecular flexibility index (Phi) is 3.21. The van der Waals surface area contributed by atoms with Crippen molar-refractivity contribution in [1.82, 2.24) is 0 Å². The van der Waals surface area contributed by atoms with Gasteiger partial charge < -0.3 is 0 Å². The van der Waals surface area contributed by atoms with Crippen LogP contribution in [0.4, 0.5) is 4.20 Å². The first-order valence-corrected chi connectivity index (χ1v) is 6.82. The monoisotopic (exact) mass is 270 g/mol.